The van der Waals surface area contributed by atoms with Gasteiger partial charge in [-0.2, -0.15) is 0 Å². The maximum absolute atomic E-state index is 13.5. The van der Waals surface area contributed by atoms with Crippen molar-refractivity contribution >= 4 is 11.8 Å². The van der Waals surface area contributed by atoms with Crippen molar-refractivity contribution in [3.05, 3.63) is 35.9 Å². The van der Waals surface area contributed by atoms with Gasteiger partial charge in [-0.3, -0.25) is 14.5 Å². The van der Waals surface area contributed by atoms with Crippen LogP contribution >= 0.6 is 0 Å². The van der Waals surface area contributed by atoms with E-state index >= 15 is 0 Å². The topological polar surface area (TPSA) is 61.4 Å². The minimum atomic E-state index is -0.446. The van der Waals surface area contributed by atoms with Gasteiger partial charge >= 0.3 is 0 Å². The van der Waals surface area contributed by atoms with Gasteiger partial charge in [-0.05, 0) is 74.2 Å². The van der Waals surface area contributed by atoms with Gasteiger partial charge in [0.05, 0.1) is 0 Å². The minimum Gasteiger partial charge on any atom is -0.350 e. The highest BCUT2D eigenvalue weighted by atomic mass is 16.2. The van der Waals surface area contributed by atoms with E-state index in [1.807, 2.05) is 19.9 Å². The van der Waals surface area contributed by atoms with Crippen LogP contribution in [0.4, 0.5) is 0 Å². The summed E-state index contributed by atoms with van der Waals surface area (Å²) in [5.41, 5.74) is 1.10. The fourth-order valence-electron chi connectivity index (χ4n) is 7.44. The van der Waals surface area contributed by atoms with Crippen LogP contribution < -0.4 is 10.6 Å². The average Bonchev–Trinajstić information content (AvgIpc) is 3.17. The third-order valence-corrected chi connectivity index (χ3v) is 8.62. The summed E-state index contributed by atoms with van der Waals surface area (Å²) in [6.07, 6.45) is 8.04. The predicted octanol–water partition coefficient (Wildman–Crippen LogP) is 3.73. The van der Waals surface area contributed by atoms with E-state index in [-0.39, 0.29) is 29.2 Å². The molecular weight excluding hydrogens is 398 g/mol. The first-order chi connectivity index (χ1) is 15.4. The molecule has 32 heavy (non-hydrogen) atoms. The molecule has 0 radical (unpaired) electrons. The Balaban J connectivity index is 1.17. The molecule has 5 aliphatic rings. The first-order valence-corrected chi connectivity index (χ1v) is 12.8. The molecule has 2 amide bonds. The molecule has 4 bridgehead atoms. The lowest BCUT2D eigenvalue weighted by Crippen LogP contribution is -2.59. The number of hydrogen-bond acceptors (Lipinski definition) is 3. The standard InChI is InChI=1S/C27H39N3O2/c1-18(2)24(29-26(32)27-13-20-10-21(14-27)12-22(11-20)15-27)25(31)28-23-8-9-30(17-23)16-19-6-4-3-5-7-19/h3-7,18,20-24H,8-17H2,1-2H3,(H,28,31)(H,29,32)/t20?,21?,22?,23-,24+,27?/m1/s1. The highest BCUT2D eigenvalue weighted by Gasteiger charge is 2.55. The van der Waals surface area contributed by atoms with Crippen LogP contribution in [0, 0.1) is 29.1 Å². The van der Waals surface area contributed by atoms with Crippen LogP contribution in [0.25, 0.3) is 0 Å². The summed E-state index contributed by atoms with van der Waals surface area (Å²) in [4.78, 5) is 29.1. The van der Waals surface area contributed by atoms with E-state index in [2.05, 4.69) is 39.8 Å². The van der Waals surface area contributed by atoms with Gasteiger partial charge in [-0.25, -0.2) is 0 Å². The third kappa shape index (κ3) is 4.46. The second-order valence-electron chi connectivity index (χ2n) is 11.6. The molecule has 1 aliphatic heterocycles. The van der Waals surface area contributed by atoms with Gasteiger partial charge in [-0.1, -0.05) is 44.2 Å². The molecule has 1 aromatic carbocycles. The number of nitrogens with one attached hydrogen (secondary N) is 2. The second-order valence-corrected chi connectivity index (χ2v) is 11.6. The quantitative estimate of drug-likeness (QED) is 0.683. The molecule has 1 saturated heterocycles. The van der Waals surface area contributed by atoms with Crippen LogP contribution in [0.3, 0.4) is 0 Å². The highest BCUT2D eigenvalue weighted by Crippen LogP contribution is 2.60. The largest absolute Gasteiger partial charge is 0.350 e. The highest BCUT2D eigenvalue weighted by molar-refractivity contribution is 5.90. The summed E-state index contributed by atoms with van der Waals surface area (Å²) in [7, 11) is 0. The molecule has 4 saturated carbocycles. The number of nitrogens with zero attached hydrogens (tertiary/aromatic N) is 1. The van der Waals surface area contributed by atoms with Crippen LogP contribution in [0.1, 0.15) is 64.4 Å². The number of likely N-dealkylation sites (tertiary alicyclic amines) is 1. The van der Waals surface area contributed by atoms with Crippen molar-refractivity contribution in [2.24, 2.45) is 29.1 Å². The maximum atomic E-state index is 13.5. The molecule has 0 spiro atoms. The molecule has 1 aromatic rings. The van der Waals surface area contributed by atoms with Crippen LogP contribution in [0.15, 0.2) is 30.3 Å². The van der Waals surface area contributed by atoms with Crippen molar-refractivity contribution in [3.63, 3.8) is 0 Å². The Morgan fingerprint density at radius 3 is 2.25 bits per heavy atom. The molecule has 174 valence electrons. The fourth-order valence-corrected chi connectivity index (χ4v) is 7.44. The molecule has 5 fully saturated rings. The van der Waals surface area contributed by atoms with E-state index < -0.39 is 6.04 Å². The van der Waals surface area contributed by atoms with E-state index in [9.17, 15) is 9.59 Å². The Labute approximate surface area is 192 Å². The van der Waals surface area contributed by atoms with E-state index in [1.54, 1.807) is 0 Å². The van der Waals surface area contributed by atoms with Crippen LogP contribution in [0.2, 0.25) is 0 Å². The predicted molar refractivity (Wildman–Crippen MR) is 126 cm³/mol. The minimum absolute atomic E-state index is 0.00959. The molecule has 5 heteroatoms. The van der Waals surface area contributed by atoms with Crippen LogP contribution in [0.5, 0.6) is 0 Å². The molecule has 0 aromatic heterocycles. The zero-order chi connectivity index (χ0) is 22.3. The van der Waals surface area contributed by atoms with Gasteiger partial charge in [0.2, 0.25) is 11.8 Å². The Kier molecular flexibility index (Phi) is 6.04. The summed E-state index contributed by atoms with van der Waals surface area (Å²) in [6, 6.07) is 10.2. The first kappa shape index (κ1) is 21.9. The Morgan fingerprint density at radius 2 is 1.66 bits per heavy atom. The van der Waals surface area contributed by atoms with Gasteiger partial charge in [0, 0.05) is 31.1 Å². The SMILES string of the molecule is CC(C)[C@H](NC(=O)C12CC3CC(CC(C3)C1)C2)C(=O)N[C@@H]1CCN(Cc2ccccc2)C1. The number of hydrogen-bond donors (Lipinski definition) is 2. The summed E-state index contributed by atoms with van der Waals surface area (Å²) in [5, 5.41) is 6.49. The number of benzene rings is 1. The number of rotatable bonds is 7. The molecule has 2 atom stereocenters. The van der Waals surface area contributed by atoms with Gasteiger partial charge in [0.1, 0.15) is 6.04 Å². The van der Waals surface area contributed by atoms with Crippen molar-refractivity contribution in [2.45, 2.75) is 77.4 Å². The Bertz CT molecular complexity index is 801. The Hall–Kier alpha value is -1.88. The van der Waals surface area contributed by atoms with Crippen molar-refractivity contribution in [1.29, 1.82) is 0 Å². The molecular formula is C27H39N3O2. The fraction of sp³-hybridized carbons (Fsp3) is 0.704. The summed E-state index contributed by atoms with van der Waals surface area (Å²) in [6.45, 7) is 6.87. The molecule has 1 heterocycles. The molecule has 0 unspecified atom stereocenters. The van der Waals surface area contributed by atoms with Gasteiger partial charge in [0.25, 0.3) is 0 Å². The van der Waals surface area contributed by atoms with E-state index in [0.717, 1.165) is 63.1 Å². The summed E-state index contributed by atoms with van der Waals surface area (Å²) in [5.74, 6) is 2.41. The smallest absolute Gasteiger partial charge is 0.243 e. The van der Waals surface area contributed by atoms with Gasteiger partial charge < -0.3 is 10.6 Å². The van der Waals surface area contributed by atoms with Crippen molar-refractivity contribution < 1.29 is 9.59 Å². The van der Waals surface area contributed by atoms with Crippen molar-refractivity contribution in [3.8, 4) is 0 Å². The molecule has 5 nitrogen and oxygen atoms in total. The lowest BCUT2D eigenvalue weighted by Gasteiger charge is -2.55. The lowest BCUT2D eigenvalue weighted by molar-refractivity contribution is -0.149. The molecule has 4 aliphatic carbocycles. The number of carbonyl (C=O) groups excluding carboxylic acids is 2. The molecule has 6 rings (SSSR count). The Morgan fingerprint density at radius 1 is 1.03 bits per heavy atom. The van der Waals surface area contributed by atoms with Crippen molar-refractivity contribution in [2.75, 3.05) is 13.1 Å². The zero-order valence-corrected chi connectivity index (χ0v) is 19.7. The maximum Gasteiger partial charge on any atom is 0.243 e. The van der Waals surface area contributed by atoms with Gasteiger partial charge in [-0.15, -0.1) is 0 Å². The first-order valence-electron chi connectivity index (χ1n) is 12.8. The average molecular weight is 438 g/mol. The number of amides is 2. The monoisotopic (exact) mass is 437 g/mol. The third-order valence-electron chi connectivity index (χ3n) is 8.62. The second kappa shape index (κ2) is 8.81. The summed E-state index contributed by atoms with van der Waals surface area (Å²) < 4.78 is 0. The normalized spacial score (nSPS) is 34.6. The summed E-state index contributed by atoms with van der Waals surface area (Å²) >= 11 is 0. The van der Waals surface area contributed by atoms with Crippen LogP contribution in [-0.4, -0.2) is 41.9 Å². The van der Waals surface area contributed by atoms with Crippen LogP contribution in [-0.2, 0) is 16.1 Å². The zero-order valence-electron chi connectivity index (χ0n) is 19.7. The molecule has 2 N–H and O–H groups in total. The van der Waals surface area contributed by atoms with E-state index in [0.29, 0.717) is 0 Å². The number of carbonyl (C=O) groups is 2. The van der Waals surface area contributed by atoms with E-state index in [1.165, 1.54) is 24.8 Å². The van der Waals surface area contributed by atoms with Crippen molar-refractivity contribution in [1.82, 2.24) is 15.5 Å². The lowest BCUT2D eigenvalue weighted by atomic mass is 9.49. The van der Waals surface area contributed by atoms with Gasteiger partial charge in [0.15, 0.2) is 0 Å². The van der Waals surface area contributed by atoms with E-state index in [4.69, 9.17) is 0 Å².